The van der Waals surface area contributed by atoms with Crippen molar-refractivity contribution in [2.75, 3.05) is 0 Å². The first-order valence-corrected chi connectivity index (χ1v) is 6.64. The normalized spacial score (nSPS) is 23.4. The second kappa shape index (κ2) is 3.93. The van der Waals surface area contributed by atoms with E-state index in [1.165, 1.54) is 6.07 Å². The highest BCUT2D eigenvalue weighted by Gasteiger charge is 2.52. The Bertz CT molecular complexity index is 547. The van der Waals surface area contributed by atoms with Gasteiger partial charge in [0.2, 0.25) is 0 Å². The van der Waals surface area contributed by atoms with Gasteiger partial charge < -0.3 is 9.31 Å². The summed E-state index contributed by atoms with van der Waals surface area (Å²) in [5, 5.41) is 0. The molecule has 2 nitrogen and oxygen atoms in total. The van der Waals surface area contributed by atoms with Crippen molar-refractivity contribution in [1.29, 1.82) is 0 Å². The van der Waals surface area contributed by atoms with Crippen LogP contribution in [0.15, 0.2) is 23.7 Å². The maximum Gasteiger partial charge on any atom is 0.490 e. The fourth-order valence-electron chi connectivity index (χ4n) is 2.50. The molecule has 1 aliphatic heterocycles. The molecule has 0 saturated carbocycles. The second-order valence-corrected chi connectivity index (χ2v) is 6.30. The Labute approximate surface area is 113 Å². The molecule has 1 aromatic rings. The monoisotopic (exact) mass is 260 g/mol. The fourth-order valence-corrected chi connectivity index (χ4v) is 2.50. The third-order valence-corrected chi connectivity index (χ3v) is 4.42. The van der Waals surface area contributed by atoms with Crippen LogP contribution in [0.1, 0.15) is 38.8 Å². The van der Waals surface area contributed by atoms with Gasteiger partial charge in [-0.1, -0.05) is 18.2 Å². The molecule has 0 atom stereocenters. The maximum absolute atomic E-state index is 13.7. The summed E-state index contributed by atoms with van der Waals surface area (Å²) in [5.74, 6) is -0.177. The number of fused-ring (bicyclic) bond motifs is 1. The van der Waals surface area contributed by atoms with E-state index in [4.69, 9.17) is 9.31 Å². The van der Waals surface area contributed by atoms with E-state index >= 15 is 0 Å². The topological polar surface area (TPSA) is 18.5 Å². The summed E-state index contributed by atoms with van der Waals surface area (Å²) in [6.45, 7) is 8.10. The Kier molecular flexibility index (Phi) is 2.67. The zero-order chi connectivity index (χ0) is 13.8. The smallest absolute Gasteiger partial charge is 0.400 e. The molecule has 0 unspecified atom stereocenters. The summed E-state index contributed by atoms with van der Waals surface area (Å²) in [7, 11) is -0.378. The van der Waals surface area contributed by atoms with Crippen molar-refractivity contribution >= 4 is 13.2 Å². The Balaban J connectivity index is 1.89. The molecule has 1 saturated heterocycles. The minimum Gasteiger partial charge on any atom is -0.400 e. The van der Waals surface area contributed by atoms with Crippen LogP contribution in [-0.2, 0) is 15.7 Å². The zero-order valence-electron chi connectivity index (χ0n) is 11.8. The molecule has 1 aromatic carbocycles. The average molecular weight is 260 g/mol. The van der Waals surface area contributed by atoms with Gasteiger partial charge in [0.05, 0.1) is 11.2 Å². The van der Waals surface area contributed by atoms with Crippen molar-refractivity contribution in [1.82, 2.24) is 0 Å². The first-order chi connectivity index (χ1) is 8.80. The van der Waals surface area contributed by atoms with Crippen LogP contribution >= 0.6 is 0 Å². The summed E-state index contributed by atoms with van der Waals surface area (Å²) in [6, 6.07) is 5.19. The lowest BCUT2D eigenvalue weighted by Gasteiger charge is -2.32. The zero-order valence-corrected chi connectivity index (χ0v) is 11.8. The summed E-state index contributed by atoms with van der Waals surface area (Å²) >= 11 is 0. The van der Waals surface area contributed by atoms with Crippen molar-refractivity contribution in [3.05, 3.63) is 40.6 Å². The lowest BCUT2D eigenvalue weighted by Crippen LogP contribution is -2.41. The Morgan fingerprint density at radius 3 is 2.32 bits per heavy atom. The highest BCUT2D eigenvalue weighted by Crippen LogP contribution is 2.41. The molecule has 1 heterocycles. The van der Waals surface area contributed by atoms with Gasteiger partial charge >= 0.3 is 7.12 Å². The first-order valence-electron chi connectivity index (χ1n) is 6.64. The Hall–Kier alpha value is -1.13. The van der Waals surface area contributed by atoms with Gasteiger partial charge in [0, 0.05) is 5.56 Å². The number of hydrogen-bond donors (Lipinski definition) is 0. The number of hydrogen-bond acceptors (Lipinski definition) is 2. The molecule has 0 spiro atoms. The van der Waals surface area contributed by atoms with Crippen molar-refractivity contribution < 1.29 is 13.7 Å². The van der Waals surface area contributed by atoms with E-state index in [9.17, 15) is 4.39 Å². The first kappa shape index (κ1) is 12.9. The summed E-state index contributed by atoms with van der Waals surface area (Å²) in [4.78, 5) is 0. The number of benzene rings is 1. The van der Waals surface area contributed by atoms with Crippen LogP contribution in [0.5, 0.6) is 0 Å². The van der Waals surface area contributed by atoms with E-state index in [0.717, 1.165) is 11.0 Å². The van der Waals surface area contributed by atoms with Crippen LogP contribution in [0.2, 0.25) is 0 Å². The van der Waals surface area contributed by atoms with Crippen LogP contribution in [0.4, 0.5) is 4.39 Å². The average Bonchev–Trinajstić information content (AvgIpc) is 2.80. The number of allylic oxidation sites excluding steroid dienone is 1. The largest absolute Gasteiger partial charge is 0.490 e. The highest BCUT2D eigenvalue weighted by atomic mass is 19.1. The minimum atomic E-state index is -0.378. The van der Waals surface area contributed by atoms with Crippen molar-refractivity contribution in [3.8, 4) is 0 Å². The van der Waals surface area contributed by atoms with Crippen LogP contribution in [0.3, 0.4) is 0 Å². The maximum atomic E-state index is 13.7. The standard InChI is InChI=1S/C15H18BFO2/c1-14(2)15(3,4)19-16(18-14)11-8-10-6-5-7-13(17)12(10)9-11/h5-7,9H,8H2,1-4H3. The third kappa shape index (κ3) is 1.94. The Morgan fingerprint density at radius 2 is 1.74 bits per heavy atom. The molecule has 19 heavy (non-hydrogen) atoms. The van der Waals surface area contributed by atoms with E-state index in [0.29, 0.717) is 12.0 Å². The van der Waals surface area contributed by atoms with Crippen molar-refractivity contribution in [2.24, 2.45) is 0 Å². The summed E-state index contributed by atoms with van der Waals surface area (Å²) < 4.78 is 25.7. The van der Waals surface area contributed by atoms with Gasteiger partial charge in [-0.2, -0.15) is 0 Å². The van der Waals surface area contributed by atoms with Crippen LogP contribution < -0.4 is 0 Å². The van der Waals surface area contributed by atoms with Gasteiger partial charge in [-0.05, 0) is 51.2 Å². The van der Waals surface area contributed by atoms with E-state index in [-0.39, 0.29) is 24.1 Å². The van der Waals surface area contributed by atoms with Gasteiger partial charge in [0.15, 0.2) is 0 Å². The molecular weight excluding hydrogens is 242 g/mol. The molecule has 0 aromatic heterocycles. The van der Waals surface area contributed by atoms with E-state index in [1.807, 2.05) is 39.8 Å². The van der Waals surface area contributed by atoms with Crippen molar-refractivity contribution in [3.63, 3.8) is 0 Å². The minimum absolute atomic E-state index is 0.177. The number of halogens is 1. The van der Waals surface area contributed by atoms with Gasteiger partial charge in [-0.3, -0.25) is 0 Å². The molecule has 1 aliphatic carbocycles. The van der Waals surface area contributed by atoms with Gasteiger partial charge in [0.1, 0.15) is 5.82 Å². The predicted octanol–water partition coefficient (Wildman–Crippen LogP) is 3.40. The van der Waals surface area contributed by atoms with Crippen LogP contribution in [-0.4, -0.2) is 18.3 Å². The van der Waals surface area contributed by atoms with Crippen LogP contribution in [0.25, 0.3) is 6.08 Å². The summed E-state index contributed by atoms with van der Waals surface area (Å²) in [5.41, 5.74) is 1.97. The Morgan fingerprint density at radius 1 is 1.11 bits per heavy atom. The molecule has 0 bridgehead atoms. The molecule has 4 heteroatoms. The molecule has 0 amide bonds. The quantitative estimate of drug-likeness (QED) is 0.720. The molecule has 3 rings (SSSR count). The van der Waals surface area contributed by atoms with E-state index in [1.54, 1.807) is 6.07 Å². The lowest BCUT2D eigenvalue weighted by atomic mass is 9.77. The SMILES string of the molecule is CC1(C)OB(C2=Cc3c(F)cccc3C2)OC1(C)C. The number of rotatable bonds is 1. The second-order valence-electron chi connectivity index (χ2n) is 6.30. The molecule has 1 fully saturated rings. The van der Waals surface area contributed by atoms with E-state index in [2.05, 4.69) is 0 Å². The molecule has 2 aliphatic rings. The molecule has 0 radical (unpaired) electrons. The summed E-state index contributed by atoms with van der Waals surface area (Å²) in [6.07, 6.45) is 2.57. The predicted molar refractivity (Wildman–Crippen MR) is 74.2 cm³/mol. The lowest BCUT2D eigenvalue weighted by molar-refractivity contribution is 0.00578. The van der Waals surface area contributed by atoms with E-state index < -0.39 is 0 Å². The highest BCUT2D eigenvalue weighted by molar-refractivity contribution is 6.56. The van der Waals surface area contributed by atoms with Crippen LogP contribution in [0, 0.1) is 5.82 Å². The molecule has 100 valence electrons. The van der Waals surface area contributed by atoms with Gasteiger partial charge in [0.25, 0.3) is 0 Å². The van der Waals surface area contributed by atoms with Gasteiger partial charge in [-0.15, -0.1) is 0 Å². The van der Waals surface area contributed by atoms with Crippen molar-refractivity contribution in [2.45, 2.75) is 45.3 Å². The van der Waals surface area contributed by atoms with Gasteiger partial charge in [-0.25, -0.2) is 4.39 Å². The molecule has 0 N–H and O–H groups in total. The molecular formula is C15H18BFO2. The third-order valence-electron chi connectivity index (χ3n) is 4.42. The fraction of sp³-hybridized carbons (Fsp3) is 0.467.